The van der Waals surface area contributed by atoms with E-state index in [0.717, 1.165) is 16.6 Å². The highest BCUT2D eigenvalue weighted by Crippen LogP contribution is 2.38. The molecule has 0 spiro atoms. The van der Waals surface area contributed by atoms with Gasteiger partial charge >= 0.3 is 7.12 Å². The molecule has 1 saturated heterocycles. The van der Waals surface area contributed by atoms with Crippen LogP contribution in [-0.2, 0) is 15.9 Å². The second-order valence-corrected chi connectivity index (χ2v) is 6.37. The van der Waals surface area contributed by atoms with Gasteiger partial charge in [0.2, 0.25) is 0 Å². The number of rotatable bonds is 4. The molecule has 0 aromatic heterocycles. The molecular formula is C16H24BNO3. The van der Waals surface area contributed by atoms with Crippen molar-refractivity contribution in [1.29, 1.82) is 0 Å². The highest BCUT2D eigenvalue weighted by molar-refractivity contribution is 6.55. The van der Waals surface area contributed by atoms with Gasteiger partial charge in [-0.25, -0.2) is 0 Å². The molecule has 1 fully saturated rings. The minimum atomic E-state index is -0.452. The number of aliphatic hydroxyl groups is 1. The highest BCUT2D eigenvalue weighted by atomic mass is 16.7. The molecule has 3 N–H and O–H groups in total. The molecule has 1 heterocycles. The second kappa shape index (κ2) is 5.93. The van der Waals surface area contributed by atoms with Crippen molar-refractivity contribution in [2.75, 3.05) is 6.54 Å². The minimum Gasteiger partial charge on any atom is -0.400 e. The maximum Gasteiger partial charge on any atom is 0.491 e. The molecule has 1 aromatic rings. The van der Waals surface area contributed by atoms with Crippen LogP contribution < -0.4 is 5.73 Å². The zero-order chi connectivity index (χ0) is 15.7. The first-order valence-corrected chi connectivity index (χ1v) is 7.25. The first-order valence-electron chi connectivity index (χ1n) is 7.25. The van der Waals surface area contributed by atoms with Crippen LogP contribution in [-0.4, -0.2) is 30.0 Å². The van der Waals surface area contributed by atoms with Gasteiger partial charge in [-0.2, -0.15) is 0 Å². The number of hydrogen-bond acceptors (Lipinski definition) is 4. The monoisotopic (exact) mass is 289 g/mol. The van der Waals surface area contributed by atoms with Gasteiger partial charge in [0.25, 0.3) is 0 Å². The van der Waals surface area contributed by atoms with Crippen LogP contribution in [0, 0.1) is 0 Å². The lowest BCUT2D eigenvalue weighted by Gasteiger charge is -2.32. The van der Waals surface area contributed by atoms with Crippen LogP contribution in [0.3, 0.4) is 0 Å². The second-order valence-electron chi connectivity index (χ2n) is 6.37. The summed E-state index contributed by atoms with van der Waals surface area (Å²) in [7, 11) is -0.452. The summed E-state index contributed by atoms with van der Waals surface area (Å²) in [5.41, 5.74) is 7.78. The molecule has 114 valence electrons. The normalized spacial score (nSPS) is 20.9. The van der Waals surface area contributed by atoms with Gasteiger partial charge in [0.05, 0.1) is 17.8 Å². The van der Waals surface area contributed by atoms with Gasteiger partial charge < -0.3 is 20.1 Å². The quantitative estimate of drug-likeness (QED) is 0.834. The fraction of sp³-hybridized carbons (Fsp3) is 0.500. The Hall–Kier alpha value is -1.14. The van der Waals surface area contributed by atoms with E-state index in [1.165, 1.54) is 0 Å². The molecule has 21 heavy (non-hydrogen) atoms. The van der Waals surface area contributed by atoms with Crippen molar-refractivity contribution in [3.8, 4) is 0 Å². The van der Waals surface area contributed by atoms with E-state index in [4.69, 9.17) is 15.0 Å². The van der Waals surface area contributed by atoms with Gasteiger partial charge in [-0.05, 0) is 44.3 Å². The largest absolute Gasteiger partial charge is 0.491 e. The van der Waals surface area contributed by atoms with Gasteiger partial charge in [0, 0.05) is 6.54 Å². The number of nitrogens with two attached hydrogens (primary N) is 1. The number of hydrogen-bond donors (Lipinski definition) is 2. The molecular weight excluding hydrogens is 265 g/mol. The summed E-state index contributed by atoms with van der Waals surface area (Å²) in [5, 5.41) is 9.41. The summed E-state index contributed by atoms with van der Waals surface area (Å²) in [6.45, 7) is 8.40. The topological polar surface area (TPSA) is 64.7 Å². The van der Waals surface area contributed by atoms with Crippen molar-refractivity contribution >= 4 is 13.2 Å². The van der Waals surface area contributed by atoms with Crippen molar-refractivity contribution in [3.05, 3.63) is 40.9 Å². The van der Waals surface area contributed by atoms with Crippen molar-refractivity contribution in [3.63, 3.8) is 0 Å². The Morgan fingerprint density at radius 3 is 2.29 bits per heavy atom. The Balaban J connectivity index is 2.31. The van der Waals surface area contributed by atoms with Gasteiger partial charge in [-0.15, -0.1) is 0 Å². The molecule has 1 aromatic carbocycles. The zero-order valence-electron chi connectivity index (χ0n) is 13.2. The Labute approximate surface area is 127 Å². The molecule has 4 nitrogen and oxygen atoms in total. The van der Waals surface area contributed by atoms with E-state index in [9.17, 15) is 5.11 Å². The van der Waals surface area contributed by atoms with Crippen LogP contribution in [0.1, 0.15) is 38.8 Å². The minimum absolute atomic E-state index is 0.00606. The van der Waals surface area contributed by atoms with E-state index >= 15 is 0 Å². The summed E-state index contributed by atoms with van der Waals surface area (Å²) in [6.07, 6.45) is 1.95. The molecule has 0 unspecified atom stereocenters. The Morgan fingerprint density at radius 2 is 1.76 bits per heavy atom. The first kappa shape index (κ1) is 16.2. The number of aliphatic hydroxyl groups excluding tert-OH is 1. The summed E-state index contributed by atoms with van der Waals surface area (Å²) in [4.78, 5) is 0. The maximum atomic E-state index is 9.41. The molecule has 0 bridgehead atoms. The van der Waals surface area contributed by atoms with Crippen LogP contribution in [0.2, 0.25) is 0 Å². The van der Waals surface area contributed by atoms with Crippen LogP contribution >= 0.6 is 0 Å². The summed E-state index contributed by atoms with van der Waals surface area (Å²) < 4.78 is 12.1. The predicted molar refractivity (Wildman–Crippen MR) is 85.5 cm³/mol. The van der Waals surface area contributed by atoms with Crippen LogP contribution in [0.25, 0.3) is 6.08 Å². The molecule has 0 amide bonds. The van der Waals surface area contributed by atoms with Gasteiger partial charge in [-0.3, -0.25) is 0 Å². The smallest absolute Gasteiger partial charge is 0.400 e. The van der Waals surface area contributed by atoms with E-state index < -0.39 is 7.12 Å². The van der Waals surface area contributed by atoms with Gasteiger partial charge in [0.1, 0.15) is 0 Å². The van der Waals surface area contributed by atoms with Crippen molar-refractivity contribution in [2.24, 2.45) is 5.73 Å². The Kier molecular flexibility index (Phi) is 4.59. The lowest BCUT2D eigenvalue weighted by Crippen LogP contribution is -2.41. The van der Waals surface area contributed by atoms with Crippen LogP contribution in [0.15, 0.2) is 29.7 Å². The third kappa shape index (κ3) is 3.21. The molecule has 1 aliphatic rings. The molecule has 5 heteroatoms. The van der Waals surface area contributed by atoms with E-state index in [1.54, 1.807) is 0 Å². The van der Waals surface area contributed by atoms with Crippen molar-refractivity contribution in [1.82, 2.24) is 0 Å². The standard InChI is InChI=1S/C16H24BNO3/c1-15(2)16(3,4)21-17(20-15)14(10-18)9-12-7-5-6-8-13(12)11-19/h5-9,19H,10-11,18H2,1-4H3. The molecule has 0 radical (unpaired) electrons. The molecule has 2 rings (SSSR count). The molecule has 0 aliphatic carbocycles. The van der Waals surface area contributed by atoms with Crippen LogP contribution in [0.4, 0.5) is 0 Å². The van der Waals surface area contributed by atoms with E-state index in [0.29, 0.717) is 6.54 Å². The van der Waals surface area contributed by atoms with Gasteiger partial charge in [-0.1, -0.05) is 30.3 Å². The van der Waals surface area contributed by atoms with E-state index in [2.05, 4.69) is 0 Å². The maximum absolute atomic E-state index is 9.41. The predicted octanol–water partition coefficient (Wildman–Crippen LogP) is 2.15. The Morgan fingerprint density at radius 1 is 1.19 bits per heavy atom. The summed E-state index contributed by atoms with van der Waals surface area (Å²) in [5.74, 6) is 0. The average molecular weight is 289 g/mol. The van der Waals surface area contributed by atoms with E-state index in [1.807, 2.05) is 58.0 Å². The number of benzene rings is 1. The average Bonchev–Trinajstić information content (AvgIpc) is 2.65. The third-order valence-corrected chi connectivity index (χ3v) is 4.36. The van der Waals surface area contributed by atoms with Crippen LogP contribution in [0.5, 0.6) is 0 Å². The first-order chi connectivity index (χ1) is 9.80. The summed E-state index contributed by atoms with van der Waals surface area (Å²) in [6, 6.07) is 7.68. The fourth-order valence-corrected chi connectivity index (χ4v) is 2.24. The zero-order valence-corrected chi connectivity index (χ0v) is 13.2. The van der Waals surface area contributed by atoms with Crippen molar-refractivity contribution < 1.29 is 14.4 Å². The third-order valence-electron chi connectivity index (χ3n) is 4.36. The Bertz CT molecular complexity index is 524. The molecule has 0 saturated carbocycles. The highest BCUT2D eigenvalue weighted by Gasteiger charge is 2.52. The lowest BCUT2D eigenvalue weighted by atomic mass is 9.77. The molecule has 1 aliphatic heterocycles. The molecule has 0 atom stereocenters. The lowest BCUT2D eigenvalue weighted by molar-refractivity contribution is 0.00578. The van der Waals surface area contributed by atoms with Crippen molar-refractivity contribution in [2.45, 2.75) is 45.5 Å². The SMILES string of the molecule is CC1(C)OB(C(=Cc2ccccc2CO)CN)OC1(C)C. The van der Waals surface area contributed by atoms with Gasteiger partial charge in [0.15, 0.2) is 0 Å². The summed E-state index contributed by atoms with van der Waals surface area (Å²) >= 11 is 0. The fourth-order valence-electron chi connectivity index (χ4n) is 2.24. The van der Waals surface area contributed by atoms with E-state index in [-0.39, 0.29) is 17.8 Å².